The second-order valence-corrected chi connectivity index (χ2v) is 8.66. The summed E-state index contributed by atoms with van der Waals surface area (Å²) < 4.78 is 51.9. The zero-order valence-electron chi connectivity index (χ0n) is 19.6. The van der Waals surface area contributed by atoms with Crippen molar-refractivity contribution in [2.75, 3.05) is 40.0 Å². The van der Waals surface area contributed by atoms with E-state index in [4.69, 9.17) is 9.47 Å². The third-order valence-corrected chi connectivity index (χ3v) is 6.47. The van der Waals surface area contributed by atoms with E-state index < -0.39 is 46.9 Å². The van der Waals surface area contributed by atoms with E-state index in [1.54, 1.807) is 0 Å². The van der Waals surface area contributed by atoms with Gasteiger partial charge in [-0.1, -0.05) is 0 Å². The number of benzene rings is 2. The molecule has 0 aliphatic carbocycles. The van der Waals surface area contributed by atoms with Crippen molar-refractivity contribution in [1.29, 1.82) is 0 Å². The number of nitrogens with one attached hydrogen (secondary N) is 1. The fourth-order valence-electron chi connectivity index (χ4n) is 4.59. The highest BCUT2D eigenvalue weighted by Crippen LogP contribution is 2.39. The van der Waals surface area contributed by atoms with E-state index in [2.05, 4.69) is 5.32 Å². The number of rotatable bonds is 6. The molecule has 0 unspecified atom stereocenters. The monoisotopic (exact) mass is 505 g/mol. The van der Waals surface area contributed by atoms with Crippen molar-refractivity contribution in [3.63, 3.8) is 0 Å². The number of hydrogen-bond acceptors (Lipinski definition) is 5. The van der Waals surface area contributed by atoms with Crippen LogP contribution in [0.2, 0.25) is 0 Å². The standard InChI is InChI=1S/C25H26F3N3O5/c1-35-13-10-29-22(32)21-15-36-25(31(21)23(33)16-2-4-17(26)5-3-16)8-11-30(12-9-25)24(34)19-7-6-18(27)14-20(19)28/h2-7,14,21H,8-13,15H2,1H3,(H,29,32)/t21-/m1/s1. The number of likely N-dealkylation sites (tertiary alicyclic amines) is 1. The lowest BCUT2D eigenvalue weighted by Gasteiger charge is -2.44. The van der Waals surface area contributed by atoms with Crippen molar-refractivity contribution in [2.24, 2.45) is 0 Å². The number of halogens is 3. The summed E-state index contributed by atoms with van der Waals surface area (Å²) in [6.45, 7) is 0.685. The summed E-state index contributed by atoms with van der Waals surface area (Å²) in [4.78, 5) is 42.1. The van der Waals surface area contributed by atoms with Crippen LogP contribution in [0.25, 0.3) is 0 Å². The molecule has 1 atom stereocenters. The zero-order valence-corrected chi connectivity index (χ0v) is 19.6. The average molecular weight is 505 g/mol. The van der Waals surface area contributed by atoms with Crippen molar-refractivity contribution in [2.45, 2.75) is 24.6 Å². The molecule has 3 amide bonds. The minimum absolute atomic E-state index is 0.0632. The first-order valence-corrected chi connectivity index (χ1v) is 11.5. The summed E-state index contributed by atoms with van der Waals surface area (Å²) in [6, 6.07) is 6.78. The van der Waals surface area contributed by atoms with Crippen molar-refractivity contribution in [1.82, 2.24) is 15.1 Å². The molecule has 0 aromatic heterocycles. The van der Waals surface area contributed by atoms with Gasteiger partial charge in [0.25, 0.3) is 11.8 Å². The van der Waals surface area contributed by atoms with Gasteiger partial charge in [-0.25, -0.2) is 13.2 Å². The van der Waals surface area contributed by atoms with Crippen LogP contribution in [-0.2, 0) is 14.3 Å². The molecule has 2 heterocycles. The number of hydrogen-bond donors (Lipinski definition) is 1. The number of piperidine rings is 1. The van der Waals surface area contributed by atoms with Crippen molar-refractivity contribution in [3.8, 4) is 0 Å². The van der Waals surface area contributed by atoms with E-state index in [-0.39, 0.29) is 56.8 Å². The lowest BCUT2D eigenvalue weighted by molar-refractivity contribution is -0.128. The molecule has 1 spiro atoms. The first-order chi connectivity index (χ1) is 17.3. The second kappa shape index (κ2) is 10.7. The average Bonchev–Trinajstić information content (AvgIpc) is 3.22. The lowest BCUT2D eigenvalue weighted by atomic mass is 9.96. The van der Waals surface area contributed by atoms with Gasteiger partial charge in [-0.3, -0.25) is 19.3 Å². The highest BCUT2D eigenvalue weighted by molar-refractivity contribution is 5.98. The molecule has 2 saturated heterocycles. The highest BCUT2D eigenvalue weighted by atomic mass is 19.1. The van der Waals surface area contributed by atoms with Crippen LogP contribution in [0.15, 0.2) is 42.5 Å². The predicted octanol–water partition coefficient (Wildman–Crippen LogP) is 2.34. The zero-order chi connectivity index (χ0) is 25.9. The molecule has 36 heavy (non-hydrogen) atoms. The number of methoxy groups -OCH3 is 1. The fourth-order valence-corrected chi connectivity index (χ4v) is 4.59. The normalized spacial score (nSPS) is 18.9. The molecule has 4 rings (SSSR count). The Morgan fingerprint density at radius 1 is 1.03 bits per heavy atom. The number of carbonyl (C=O) groups excluding carboxylic acids is 3. The van der Waals surface area contributed by atoms with Crippen LogP contribution < -0.4 is 5.32 Å². The molecular weight excluding hydrogens is 479 g/mol. The summed E-state index contributed by atoms with van der Waals surface area (Å²) >= 11 is 0. The fraction of sp³-hybridized carbons (Fsp3) is 0.400. The van der Waals surface area contributed by atoms with Crippen LogP contribution in [0, 0.1) is 17.5 Å². The van der Waals surface area contributed by atoms with Gasteiger partial charge < -0.3 is 19.7 Å². The largest absolute Gasteiger partial charge is 0.383 e. The predicted molar refractivity (Wildman–Crippen MR) is 121 cm³/mol. The minimum atomic E-state index is -1.19. The van der Waals surface area contributed by atoms with E-state index in [0.29, 0.717) is 6.07 Å². The van der Waals surface area contributed by atoms with Gasteiger partial charge in [0.15, 0.2) is 0 Å². The van der Waals surface area contributed by atoms with E-state index in [1.165, 1.54) is 29.0 Å². The Morgan fingerprint density at radius 2 is 1.69 bits per heavy atom. The molecule has 192 valence electrons. The van der Waals surface area contributed by atoms with Gasteiger partial charge in [0.1, 0.15) is 29.2 Å². The van der Waals surface area contributed by atoms with Gasteiger partial charge in [0.2, 0.25) is 5.91 Å². The maximum absolute atomic E-state index is 14.2. The Kier molecular flexibility index (Phi) is 7.60. The van der Waals surface area contributed by atoms with Crippen molar-refractivity contribution in [3.05, 3.63) is 71.0 Å². The van der Waals surface area contributed by atoms with Crippen LogP contribution in [0.1, 0.15) is 33.6 Å². The summed E-state index contributed by atoms with van der Waals surface area (Å²) in [5, 5.41) is 2.72. The number of amides is 3. The minimum Gasteiger partial charge on any atom is -0.383 e. The molecule has 2 aliphatic heterocycles. The van der Waals surface area contributed by atoms with Gasteiger partial charge in [-0.05, 0) is 36.4 Å². The molecule has 1 N–H and O–H groups in total. The quantitative estimate of drug-likeness (QED) is 0.609. The smallest absolute Gasteiger partial charge is 0.256 e. The third-order valence-electron chi connectivity index (χ3n) is 6.47. The molecular formula is C25H26F3N3O5. The Morgan fingerprint density at radius 3 is 2.33 bits per heavy atom. The molecule has 2 aromatic rings. The molecule has 11 heteroatoms. The number of carbonyl (C=O) groups is 3. The Labute approximate surface area is 205 Å². The summed E-state index contributed by atoms with van der Waals surface area (Å²) in [7, 11) is 1.50. The van der Waals surface area contributed by atoms with Crippen LogP contribution >= 0.6 is 0 Å². The highest BCUT2D eigenvalue weighted by Gasteiger charge is 2.54. The van der Waals surface area contributed by atoms with Crippen LogP contribution in [0.4, 0.5) is 13.2 Å². The summed E-state index contributed by atoms with van der Waals surface area (Å²) in [5.74, 6) is -3.79. The molecule has 2 aromatic carbocycles. The number of ether oxygens (including phenoxy) is 2. The Bertz CT molecular complexity index is 1140. The molecule has 0 saturated carbocycles. The number of nitrogens with zero attached hydrogens (tertiary/aromatic N) is 2. The SMILES string of the molecule is COCCNC(=O)[C@H]1COC2(CCN(C(=O)c3ccc(F)cc3F)CC2)N1C(=O)c1ccc(F)cc1. The van der Waals surface area contributed by atoms with Crippen LogP contribution in [-0.4, -0.2) is 79.2 Å². The third kappa shape index (κ3) is 5.07. The van der Waals surface area contributed by atoms with Gasteiger partial charge in [0, 0.05) is 51.2 Å². The first-order valence-electron chi connectivity index (χ1n) is 11.5. The van der Waals surface area contributed by atoms with E-state index in [9.17, 15) is 27.6 Å². The lowest BCUT2D eigenvalue weighted by Crippen LogP contribution is -2.60. The van der Waals surface area contributed by atoms with Gasteiger partial charge >= 0.3 is 0 Å². The first kappa shape index (κ1) is 25.6. The molecule has 0 bridgehead atoms. The Hall–Kier alpha value is -3.44. The van der Waals surface area contributed by atoms with Gasteiger partial charge in [-0.15, -0.1) is 0 Å². The van der Waals surface area contributed by atoms with Crippen molar-refractivity contribution >= 4 is 17.7 Å². The maximum atomic E-state index is 14.2. The second-order valence-electron chi connectivity index (χ2n) is 8.66. The molecule has 0 radical (unpaired) electrons. The van der Waals surface area contributed by atoms with Gasteiger partial charge in [-0.2, -0.15) is 0 Å². The topological polar surface area (TPSA) is 88.2 Å². The van der Waals surface area contributed by atoms with E-state index >= 15 is 0 Å². The van der Waals surface area contributed by atoms with Crippen LogP contribution in [0.5, 0.6) is 0 Å². The van der Waals surface area contributed by atoms with Gasteiger partial charge in [0.05, 0.1) is 18.8 Å². The Balaban J connectivity index is 1.55. The van der Waals surface area contributed by atoms with E-state index in [0.717, 1.165) is 24.3 Å². The molecule has 8 nitrogen and oxygen atoms in total. The maximum Gasteiger partial charge on any atom is 0.256 e. The van der Waals surface area contributed by atoms with Crippen LogP contribution in [0.3, 0.4) is 0 Å². The molecule has 2 fully saturated rings. The summed E-state index contributed by atoms with van der Waals surface area (Å²) in [5.41, 5.74) is -1.26. The summed E-state index contributed by atoms with van der Waals surface area (Å²) in [6.07, 6.45) is 0.326. The van der Waals surface area contributed by atoms with E-state index in [1.807, 2.05) is 0 Å². The molecule has 2 aliphatic rings. The van der Waals surface area contributed by atoms with Crippen molar-refractivity contribution < 1.29 is 37.0 Å².